The number of nitrogens with one attached hydrogen (secondary N) is 1. The van der Waals surface area contributed by atoms with E-state index in [1.54, 1.807) is 30.5 Å². The van der Waals surface area contributed by atoms with Gasteiger partial charge in [0.25, 0.3) is 5.24 Å². The van der Waals surface area contributed by atoms with Crippen molar-refractivity contribution in [2.24, 2.45) is 4.99 Å². The number of benzene rings is 2. The number of aliphatic hydroxyl groups is 1. The summed E-state index contributed by atoms with van der Waals surface area (Å²) in [7, 11) is 0. The van der Waals surface area contributed by atoms with E-state index in [4.69, 9.17) is 11.6 Å². The Hall–Kier alpha value is -3.48. The lowest BCUT2D eigenvalue weighted by molar-refractivity contribution is 0.108. The highest BCUT2D eigenvalue weighted by molar-refractivity contribution is 6.68. The van der Waals surface area contributed by atoms with E-state index in [1.165, 1.54) is 6.20 Å². The van der Waals surface area contributed by atoms with Crippen molar-refractivity contribution in [3.05, 3.63) is 77.7 Å². The van der Waals surface area contributed by atoms with E-state index < -0.39 is 11.3 Å². The average Bonchev–Trinajstić information content (AvgIpc) is 3.25. The molecule has 0 saturated carbocycles. The maximum Gasteiger partial charge on any atom is 0.253 e. The lowest BCUT2D eigenvalue weighted by atomic mass is 10.0. The molecule has 0 bridgehead atoms. The molecule has 1 aliphatic rings. The number of fused-ring (bicyclic) bond motifs is 2. The number of hydrogen-bond donors (Lipinski definition) is 3. The maximum atomic E-state index is 11.7. The van der Waals surface area contributed by atoms with Gasteiger partial charge in [-0.1, -0.05) is 24.3 Å². The standard InChI is InChI=1S/C22H14ClN3O3/c23-22(29)12-7-8-24-10-15(12)11-5-6-17-14(9-11)21(28)19(26-17)18-20(27)13-3-1-2-4-16(13)25-18/h1-10,20,26-28H. The molecule has 0 aliphatic carbocycles. The Morgan fingerprint density at radius 2 is 1.97 bits per heavy atom. The van der Waals surface area contributed by atoms with E-state index in [1.807, 2.05) is 24.3 Å². The molecule has 1 unspecified atom stereocenters. The second-order valence-corrected chi connectivity index (χ2v) is 7.11. The van der Waals surface area contributed by atoms with Gasteiger partial charge in [0.15, 0.2) is 0 Å². The summed E-state index contributed by atoms with van der Waals surface area (Å²) in [6.07, 6.45) is 2.13. The monoisotopic (exact) mass is 403 g/mol. The Balaban J connectivity index is 1.64. The van der Waals surface area contributed by atoms with Gasteiger partial charge in [0.1, 0.15) is 23.3 Å². The number of para-hydroxylation sites is 1. The highest BCUT2D eigenvalue weighted by atomic mass is 35.5. The van der Waals surface area contributed by atoms with Gasteiger partial charge >= 0.3 is 0 Å². The summed E-state index contributed by atoms with van der Waals surface area (Å²) in [5.41, 5.74) is 4.36. The van der Waals surface area contributed by atoms with E-state index in [0.717, 1.165) is 0 Å². The topological polar surface area (TPSA) is 98.6 Å². The number of rotatable bonds is 3. The van der Waals surface area contributed by atoms with Crippen LogP contribution in [0.4, 0.5) is 5.69 Å². The zero-order chi connectivity index (χ0) is 20.1. The summed E-state index contributed by atoms with van der Waals surface area (Å²) in [6, 6.07) is 14.2. The quantitative estimate of drug-likeness (QED) is 0.439. The molecule has 0 spiro atoms. The molecule has 5 rings (SSSR count). The van der Waals surface area contributed by atoms with Crippen LogP contribution in [-0.4, -0.2) is 31.1 Å². The predicted molar refractivity (Wildman–Crippen MR) is 111 cm³/mol. The van der Waals surface area contributed by atoms with Gasteiger partial charge in [0.2, 0.25) is 0 Å². The number of carbonyl (C=O) groups is 1. The number of aliphatic imine (C=N–C) groups is 1. The summed E-state index contributed by atoms with van der Waals surface area (Å²) < 4.78 is 0. The third-order valence-electron chi connectivity index (χ3n) is 5.10. The maximum absolute atomic E-state index is 11.7. The van der Waals surface area contributed by atoms with Crippen LogP contribution < -0.4 is 0 Å². The Bertz CT molecular complexity index is 1330. The number of hydrogen-bond acceptors (Lipinski definition) is 5. The first-order valence-corrected chi connectivity index (χ1v) is 9.27. The van der Waals surface area contributed by atoms with E-state index in [0.29, 0.717) is 50.2 Å². The molecule has 4 aromatic rings. The number of carbonyl (C=O) groups excluding carboxylic acids is 1. The number of aliphatic hydroxyl groups excluding tert-OH is 1. The molecule has 0 saturated heterocycles. The SMILES string of the molecule is O=C(Cl)c1ccncc1-c1ccc2[nH]c(C3=Nc4ccccc4C3O)c(O)c2c1. The summed E-state index contributed by atoms with van der Waals surface area (Å²) in [5, 5.41) is 21.5. The summed E-state index contributed by atoms with van der Waals surface area (Å²) >= 11 is 5.69. The predicted octanol–water partition coefficient (Wildman–Crippen LogP) is 4.48. The second kappa shape index (κ2) is 6.55. The highest BCUT2D eigenvalue weighted by Crippen LogP contribution is 2.40. The Morgan fingerprint density at radius 3 is 2.76 bits per heavy atom. The lowest BCUT2D eigenvalue weighted by Crippen LogP contribution is -2.09. The zero-order valence-corrected chi connectivity index (χ0v) is 15.7. The van der Waals surface area contributed by atoms with Crippen LogP contribution in [0.25, 0.3) is 22.0 Å². The van der Waals surface area contributed by atoms with Gasteiger partial charge < -0.3 is 15.2 Å². The molecule has 3 N–H and O–H groups in total. The third kappa shape index (κ3) is 2.73. The van der Waals surface area contributed by atoms with Crippen LogP contribution in [0.1, 0.15) is 27.7 Å². The molecule has 3 heterocycles. The van der Waals surface area contributed by atoms with Crippen molar-refractivity contribution >= 4 is 39.1 Å². The van der Waals surface area contributed by atoms with Crippen LogP contribution in [0.2, 0.25) is 0 Å². The third-order valence-corrected chi connectivity index (χ3v) is 5.31. The Morgan fingerprint density at radius 1 is 1.14 bits per heavy atom. The first-order chi connectivity index (χ1) is 14.0. The molecule has 29 heavy (non-hydrogen) atoms. The van der Waals surface area contributed by atoms with Crippen LogP contribution in [0, 0.1) is 0 Å². The summed E-state index contributed by atoms with van der Waals surface area (Å²) in [4.78, 5) is 23.4. The van der Waals surface area contributed by atoms with Gasteiger partial charge in [-0.25, -0.2) is 4.99 Å². The molecule has 0 radical (unpaired) electrons. The molecule has 2 aromatic heterocycles. The van der Waals surface area contributed by atoms with Crippen LogP contribution in [0.5, 0.6) is 5.75 Å². The van der Waals surface area contributed by atoms with Crippen molar-refractivity contribution in [1.82, 2.24) is 9.97 Å². The largest absolute Gasteiger partial charge is 0.505 e. The normalized spacial score (nSPS) is 15.4. The van der Waals surface area contributed by atoms with Crippen molar-refractivity contribution in [2.75, 3.05) is 0 Å². The van der Waals surface area contributed by atoms with E-state index in [-0.39, 0.29) is 5.75 Å². The van der Waals surface area contributed by atoms with Gasteiger partial charge in [0, 0.05) is 40.0 Å². The van der Waals surface area contributed by atoms with Crippen LogP contribution >= 0.6 is 11.6 Å². The zero-order valence-electron chi connectivity index (χ0n) is 14.9. The van der Waals surface area contributed by atoms with Crippen molar-refractivity contribution < 1.29 is 15.0 Å². The molecular formula is C22H14ClN3O3. The number of aromatic amines is 1. The van der Waals surface area contributed by atoms with Crippen molar-refractivity contribution in [3.63, 3.8) is 0 Å². The molecular weight excluding hydrogens is 390 g/mol. The average molecular weight is 404 g/mol. The number of pyridine rings is 1. The first-order valence-electron chi connectivity index (χ1n) is 8.89. The molecule has 6 nitrogen and oxygen atoms in total. The van der Waals surface area contributed by atoms with E-state index >= 15 is 0 Å². The van der Waals surface area contributed by atoms with Crippen molar-refractivity contribution in [3.8, 4) is 16.9 Å². The van der Waals surface area contributed by atoms with Gasteiger partial charge in [0.05, 0.1) is 5.69 Å². The van der Waals surface area contributed by atoms with Gasteiger partial charge in [-0.2, -0.15) is 0 Å². The number of H-pyrrole nitrogens is 1. The van der Waals surface area contributed by atoms with E-state index in [2.05, 4.69) is 15.0 Å². The Kier molecular flexibility index (Phi) is 3.97. The minimum absolute atomic E-state index is 0.0184. The molecule has 142 valence electrons. The number of aromatic nitrogens is 2. The van der Waals surface area contributed by atoms with E-state index in [9.17, 15) is 15.0 Å². The van der Waals surface area contributed by atoms with Crippen LogP contribution in [-0.2, 0) is 0 Å². The number of aromatic hydroxyl groups is 1. The fourth-order valence-electron chi connectivity index (χ4n) is 3.68. The lowest BCUT2D eigenvalue weighted by Gasteiger charge is -2.06. The smallest absolute Gasteiger partial charge is 0.253 e. The molecule has 0 fully saturated rings. The fourth-order valence-corrected chi connectivity index (χ4v) is 3.84. The van der Waals surface area contributed by atoms with Crippen molar-refractivity contribution in [1.29, 1.82) is 0 Å². The second-order valence-electron chi connectivity index (χ2n) is 6.76. The minimum atomic E-state index is -0.927. The van der Waals surface area contributed by atoms with Crippen LogP contribution in [0.3, 0.4) is 0 Å². The summed E-state index contributed by atoms with van der Waals surface area (Å²) in [5.74, 6) is -0.0184. The molecule has 1 atom stereocenters. The minimum Gasteiger partial charge on any atom is -0.505 e. The summed E-state index contributed by atoms with van der Waals surface area (Å²) in [6.45, 7) is 0. The molecule has 0 amide bonds. The molecule has 7 heteroatoms. The first kappa shape index (κ1) is 17.6. The van der Waals surface area contributed by atoms with Gasteiger partial charge in [-0.15, -0.1) is 0 Å². The van der Waals surface area contributed by atoms with Gasteiger partial charge in [-0.05, 0) is 41.4 Å². The number of nitrogens with zero attached hydrogens (tertiary/aromatic N) is 2. The molecule has 2 aromatic carbocycles. The van der Waals surface area contributed by atoms with Crippen LogP contribution in [0.15, 0.2) is 65.9 Å². The highest BCUT2D eigenvalue weighted by Gasteiger charge is 2.29. The van der Waals surface area contributed by atoms with Crippen molar-refractivity contribution in [2.45, 2.75) is 6.10 Å². The van der Waals surface area contributed by atoms with Gasteiger partial charge in [-0.3, -0.25) is 9.78 Å². The fraction of sp³-hybridized carbons (Fsp3) is 0.0455. The molecule has 1 aliphatic heterocycles. The number of halogens is 1. The Labute approximate surface area is 170 Å².